The molecule has 0 saturated carbocycles. The number of rotatable bonds is 9. The van der Waals surface area contributed by atoms with Crippen molar-refractivity contribution in [3.05, 3.63) is 53.2 Å². The van der Waals surface area contributed by atoms with Gasteiger partial charge < -0.3 is 14.8 Å². The van der Waals surface area contributed by atoms with Gasteiger partial charge in [0.25, 0.3) is 11.1 Å². The van der Waals surface area contributed by atoms with Crippen molar-refractivity contribution in [1.82, 2.24) is 19.9 Å². The zero-order valence-corrected chi connectivity index (χ0v) is 20.1. The van der Waals surface area contributed by atoms with Crippen LogP contribution in [0.1, 0.15) is 12.0 Å². The largest absolute Gasteiger partial charge is 0.486 e. The predicted molar refractivity (Wildman–Crippen MR) is 127 cm³/mol. The van der Waals surface area contributed by atoms with Crippen LogP contribution in [0.4, 0.5) is 4.79 Å². The van der Waals surface area contributed by atoms with Gasteiger partial charge in [0, 0.05) is 44.5 Å². The fourth-order valence-corrected chi connectivity index (χ4v) is 5.19. The van der Waals surface area contributed by atoms with Gasteiger partial charge in [-0.25, -0.2) is 13.1 Å². The molecule has 0 unspecified atom stereocenters. The zero-order valence-electron chi connectivity index (χ0n) is 18.4. The maximum Gasteiger partial charge on any atom is 0.293 e. The van der Waals surface area contributed by atoms with Crippen LogP contribution in [-0.2, 0) is 19.6 Å². The molecular formula is C22H22N4O7S2. The molecule has 0 aliphatic carbocycles. The van der Waals surface area contributed by atoms with E-state index >= 15 is 0 Å². The number of carbonyl (C=O) groups excluding carboxylic acids is 3. The summed E-state index contributed by atoms with van der Waals surface area (Å²) in [5.41, 5.74) is 0.699. The summed E-state index contributed by atoms with van der Waals surface area (Å²) in [5, 5.41) is 2.16. The Kier molecular flexibility index (Phi) is 7.68. The first-order valence-electron chi connectivity index (χ1n) is 10.6. The Bertz CT molecular complexity index is 1270. The molecule has 3 amide bonds. The van der Waals surface area contributed by atoms with Crippen LogP contribution in [0.25, 0.3) is 6.08 Å². The molecule has 2 aliphatic rings. The Hall–Kier alpha value is -3.42. The minimum atomic E-state index is -3.85. The van der Waals surface area contributed by atoms with E-state index in [1.165, 1.54) is 18.2 Å². The Morgan fingerprint density at radius 3 is 2.71 bits per heavy atom. The number of ether oxygens (including phenoxy) is 2. The molecule has 2 aliphatic heterocycles. The van der Waals surface area contributed by atoms with Crippen molar-refractivity contribution in [2.75, 3.05) is 32.8 Å². The zero-order chi connectivity index (χ0) is 24.8. The number of hydrogen-bond donors (Lipinski definition) is 2. The molecule has 184 valence electrons. The van der Waals surface area contributed by atoms with Crippen LogP contribution in [-0.4, -0.2) is 68.2 Å². The van der Waals surface area contributed by atoms with E-state index in [0.717, 1.165) is 16.7 Å². The molecule has 1 aromatic carbocycles. The highest BCUT2D eigenvalue weighted by Crippen LogP contribution is 2.32. The van der Waals surface area contributed by atoms with E-state index in [9.17, 15) is 22.8 Å². The van der Waals surface area contributed by atoms with Gasteiger partial charge in [0.05, 0.1) is 9.80 Å². The summed E-state index contributed by atoms with van der Waals surface area (Å²) in [6, 6.07) is 7.78. The summed E-state index contributed by atoms with van der Waals surface area (Å²) >= 11 is 0.823. The van der Waals surface area contributed by atoms with Crippen molar-refractivity contribution in [3.8, 4) is 11.5 Å². The summed E-state index contributed by atoms with van der Waals surface area (Å²) in [4.78, 5) is 42.1. The Morgan fingerprint density at radius 2 is 1.94 bits per heavy atom. The van der Waals surface area contributed by atoms with E-state index in [1.54, 1.807) is 30.6 Å². The van der Waals surface area contributed by atoms with Gasteiger partial charge in [0.1, 0.15) is 13.2 Å². The number of nitrogens with zero attached hydrogens (tertiary/aromatic N) is 2. The molecule has 0 radical (unpaired) electrons. The first-order chi connectivity index (χ1) is 16.8. The van der Waals surface area contributed by atoms with Crippen molar-refractivity contribution < 1.29 is 32.3 Å². The van der Waals surface area contributed by atoms with Gasteiger partial charge in [-0.2, -0.15) is 0 Å². The predicted octanol–water partition coefficient (Wildman–Crippen LogP) is 1.37. The molecule has 13 heteroatoms. The normalized spacial score (nSPS) is 16.6. The summed E-state index contributed by atoms with van der Waals surface area (Å²) in [6.45, 7) is 0.655. The van der Waals surface area contributed by atoms with Gasteiger partial charge in [-0.05, 0) is 41.6 Å². The number of pyridine rings is 1. The smallest absolute Gasteiger partial charge is 0.293 e. The van der Waals surface area contributed by atoms with Gasteiger partial charge >= 0.3 is 0 Å². The quantitative estimate of drug-likeness (QED) is 0.470. The minimum absolute atomic E-state index is 0.000796. The molecule has 35 heavy (non-hydrogen) atoms. The highest BCUT2D eigenvalue weighted by molar-refractivity contribution is 8.18. The number of nitrogens with one attached hydrogen (secondary N) is 2. The number of hydrogen-bond acceptors (Lipinski definition) is 9. The van der Waals surface area contributed by atoms with Crippen LogP contribution in [0.5, 0.6) is 11.5 Å². The number of amides is 3. The molecule has 2 N–H and O–H groups in total. The van der Waals surface area contributed by atoms with Gasteiger partial charge in [0.2, 0.25) is 15.9 Å². The number of fused-ring (bicyclic) bond motifs is 1. The third-order valence-corrected chi connectivity index (χ3v) is 7.35. The third-order valence-electron chi connectivity index (χ3n) is 4.98. The summed E-state index contributed by atoms with van der Waals surface area (Å²) in [6.07, 6.45) is 4.65. The van der Waals surface area contributed by atoms with Crippen molar-refractivity contribution in [1.29, 1.82) is 0 Å². The number of benzene rings is 1. The fourth-order valence-electron chi connectivity index (χ4n) is 3.27. The average Bonchev–Trinajstić information content (AvgIpc) is 3.11. The van der Waals surface area contributed by atoms with Crippen LogP contribution in [0.15, 0.2) is 52.5 Å². The Balaban J connectivity index is 1.21. The van der Waals surface area contributed by atoms with E-state index in [2.05, 4.69) is 15.0 Å². The van der Waals surface area contributed by atoms with Crippen molar-refractivity contribution >= 4 is 44.9 Å². The SMILES string of the molecule is O=C(CCNS(=O)(=O)c1ccc2c(c1)OCCO2)NCCN1C(=O)S/C(=C/c2cccnc2)C1=O. The molecule has 2 aromatic rings. The monoisotopic (exact) mass is 518 g/mol. The van der Waals surface area contributed by atoms with E-state index in [0.29, 0.717) is 30.3 Å². The lowest BCUT2D eigenvalue weighted by atomic mass is 10.2. The second-order valence-electron chi connectivity index (χ2n) is 7.42. The highest BCUT2D eigenvalue weighted by Gasteiger charge is 2.34. The van der Waals surface area contributed by atoms with E-state index < -0.39 is 27.1 Å². The second kappa shape index (κ2) is 10.9. The standard InChI is InChI=1S/C22H22N4O7S2/c27-20(5-7-25-35(30,31)16-3-4-17-18(13-16)33-11-10-32-17)24-8-9-26-21(28)19(34-22(26)29)12-15-2-1-6-23-14-15/h1-4,6,12-14,25H,5,7-11H2,(H,24,27)/b19-12+. The molecular weight excluding hydrogens is 496 g/mol. The lowest BCUT2D eigenvalue weighted by Crippen LogP contribution is -2.38. The van der Waals surface area contributed by atoms with Crippen molar-refractivity contribution in [3.63, 3.8) is 0 Å². The molecule has 0 atom stereocenters. The fraction of sp³-hybridized carbons (Fsp3) is 0.273. The molecule has 3 heterocycles. The maximum absolute atomic E-state index is 12.5. The van der Waals surface area contributed by atoms with Crippen molar-refractivity contribution in [2.45, 2.75) is 11.3 Å². The van der Waals surface area contributed by atoms with Crippen LogP contribution < -0.4 is 19.5 Å². The number of aromatic nitrogens is 1. The van der Waals surface area contributed by atoms with E-state index in [-0.39, 0.29) is 35.9 Å². The second-order valence-corrected chi connectivity index (χ2v) is 10.2. The molecule has 1 aromatic heterocycles. The molecule has 1 fully saturated rings. The summed E-state index contributed by atoms with van der Waals surface area (Å²) < 4.78 is 38.1. The lowest BCUT2D eigenvalue weighted by Gasteiger charge is -2.18. The molecule has 0 spiro atoms. The average molecular weight is 519 g/mol. The van der Waals surface area contributed by atoms with Crippen LogP contribution in [0.3, 0.4) is 0 Å². The van der Waals surface area contributed by atoms with Gasteiger partial charge in [-0.15, -0.1) is 0 Å². The molecule has 11 nitrogen and oxygen atoms in total. The van der Waals surface area contributed by atoms with E-state index in [4.69, 9.17) is 9.47 Å². The van der Waals surface area contributed by atoms with Gasteiger partial charge in [-0.3, -0.25) is 24.3 Å². The Morgan fingerprint density at radius 1 is 1.14 bits per heavy atom. The first-order valence-corrected chi connectivity index (χ1v) is 12.9. The van der Waals surface area contributed by atoms with Crippen LogP contribution >= 0.6 is 11.8 Å². The van der Waals surface area contributed by atoms with Gasteiger partial charge in [0.15, 0.2) is 11.5 Å². The van der Waals surface area contributed by atoms with Crippen LogP contribution in [0, 0.1) is 0 Å². The summed E-state index contributed by atoms with van der Waals surface area (Å²) in [5.74, 6) is -0.0415. The Labute approximate surface area is 205 Å². The number of imide groups is 1. The number of sulfonamides is 1. The lowest BCUT2D eigenvalue weighted by molar-refractivity contribution is -0.124. The van der Waals surface area contributed by atoms with Crippen molar-refractivity contribution in [2.24, 2.45) is 0 Å². The maximum atomic E-state index is 12.5. The summed E-state index contributed by atoms with van der Waals surface area (Å²) in [7, 11) is -3.85. The molecule has 1 saturated heterocycles. The van der Waals surface area contributed by atoms with E-state index in [1.807, 2.05) is 0 Å². The molecule has 4 rings (SSSR count). The number of thioether (sulfide) groups is 1. The van der Waals surface area contributed by atoms with Crippen LogP contribution in [0.2, 0.25) is 0 Å². The minimum Gasteiger partial charge on any atom is -0.486 e. The highest BCUT2D eigenvalue weighted by atomic mass is 32.2. The topological polar surface area (TPSA) is 144 Å². The number of carbonyl (C=O) groups is 3. The third kappa shape index (κ3) is 6.18. The molecule has 0 bridgehead atoms. The van der Waals surface area contributed by atoms with Gasteiger partial charge in [-0.1, -0.05) is 6.07 Å². The first kappa shape index (κ1) is 24.7.